The molecule has 362 valence electrons. The molecule has 2 aliphatic heterocycles. The van der Waals surface area contributed by atoms with Crippen LogP contribution in [0.5, 0.6) is 0 Å². The van der Waals surface area contributed by atoms with E-state index in [0.717, 1.165) is 38.5 Å². The van der Waals surface area contributed by atoms with E-state index in [2.05, 4.69) is 24.5 Å². The van der Waals surface area contributed by atoms with Crippen molar-refractivity contribution in [1.82, 2.24) is 10.6 Å². The van der Waals surface area contributed by atoms with Gasteiger partial charge >= 0.3 is 23.9 Å². The van der Waals surface area contributed by atoms with Crippen molar-refractivity contribution in [2.45, 2.75) is 271 Å². The molecule has 2 atom stereocenters. The molecule has 62 heavy (non-hydrogen) atoms. The number of aliphatic carboxylic acids is 2. The third-order valence-corrected chi connectivity index (χ3v) is 14.2. The van der Waals surface area contributed by atoms with Gasteiger partial charge in [0.1, 0.15) is 0 Å². The molecule has 0 aromatic rings. The van der Waals surface area contributed by atoms with Crippen molar-refractivity contribution < 1.29 is 38.9 Å². The second kappa shape index (κ2) is 26.7. The normalized spacial score (nSPS) is 20.5. The Balaban J connectivity index is 2.52. The van der Waals surface area contributed by atoms with Gasteiger partial charge in [0, 0.05) is 22.2 Å². The first-order valence-corrected chi connectivity index (χ1v) is 25.5. The van der Waals surface area contributed by atoms with Crippen LogP contribution in [0, 0.1) is 22.7 Å². The van der Waals surface area contributed by atoms with Crippen LogP contribution in [0.2, 0.25) is 0 Å². The number of nitrogens with one attached hydrogen (secondary N) is 2. The number of carboxylic acid groups (broad SMARTS) is 2. The molecular weight excluding hydrogens is 781 g/mol. The number of esters is 2. The van der Waals surface area contributed by atoms with Crippen LogP contribution in [0.3, 0.4) is 0 Å². The predicted molar refractivity (Wildman–Crippen MR) is 252 cm³/mol. The lowest BCUT2D eigenvalue weighted by Gasteiger charge is -2.60. The summed E-state index contributed by atoms with van der Waals surface area (Å²) in [5, 5.41) is 30.0. The third-order valence-electron chi connectivity index (χ3n) is 14.2. The molecule has 2 saturated heterocycles. The Morgan fingerprint density at radius 1 is 0.468 bits per heavy atom. The smallest absolute Gasteiger partial charge is 0.314 e. The van der Waals surface area contributed by atoms with Crippen LogP contribution in [0.15, 0.2) is 0 Å². The monoisotopic (exact) mass is 877 g/mol. The van der Waals surface area contributed by atoms with Crippen molar-refractivity contribution in [2.24, 2.45) is 22.7 Å². The minimum atomic E-state index is -2.19. The number of piperidine rings is 2. The van der Waals surface area contributed by atoms with E-state index in [9.17, 15) is 24.6 Å². The average Bonchev–Trinajstić information content (AvgIpc) is 3.14. The molecule has 2 rings (SSSR count). The fourth-order valence-corrected chi connectivity index (χ4v) is 12.1. The number of carboxylic acids is 2. The molecule has 0 aromatic carbocycles. The second-order valence-electron chi connectivity index (χ2n) is 22.4. The topological polar surface area (TPSA) is 151 Å². The predicted octanol–water partition coefficient (Wildman–Crippen LogP) is 12.7. The van der Waals surface area contributed by atoms with E-state index in [0.29, 0.717) is 38.5 Å². The molecule has 0 spiro atoms. The van der Waals surface area contributed by atoms with Gasteiger partial charge in [-0.2, -0.15) is 0 Å². The summed E-state index contributed by atoms with van der Waals surface area (Å²) < 4.78 is 12.3. The molecule has 2 unspecified atom stereocenters. The summed E-state index contributed by atoms with van der Waals surface area (Å²) in [6.45, 7) is 20.8. The summed E-state index contributed by atoms with van der Waals surface area (Å²) in [6, 6.07) is 0. The number of hydrogen-bond donors (Lipinski definition) is 4. The Labute approximate surface area is 379 Å². The summed E-state index contributed by atoms with van der Waals surface area (Å²) in [5.41, 5.74) is -6.51. The fraction of sp³-hybridized carbons (Fsp3) is 0.923. The van der Waals surface area contributed by atoms with Crippen LogP contribution in [0.1, 0.15) is 249 Å². The van der Waals surface area contributed by atoms with Gasteiger partial charge in [-0.1, -0.05) is 142 Å². The summed E-state index contributed by atoms with van der Waals surface area (Å²) in [5.74, 6) is -5.60. The van der Waals surface area contributed by atoms with Crippen molar-refractivity contribution in [2.75, 3.05) is 13.2 Å². The molecule has 2 heterocycles. The zero-order valence-electron chi connectivity index (χ0n) is 41.7. The van der Waals surface area contributed by atoms with Crippen molar-refractivity contribution in [3.05, 3.63) is 0 Å². The lowest BCUT2D eigenvalue weighted by Crippen LogP contribution is -2.70. The maximum absolute atomic E-state index is 15.6. The lowest BCUT2D eigenvalue weighted by atomic mass is 9.44. The lowest BCUT2D eigenvalue weighted by molar-refractivity contribution is -0.208. The second-order valence-corrected chi connectivity index (χ2v) is 22.4. The van der Waals surface area contributed by atoms with Gasteiger partial charge in [0.2, 0.25) is 0 Å². The van der Waals surface area contributed by atoms with Gasteiger partial charge < -0.3 is 30.3 Å². The average molecular weight is 877 g/mol. The fourth-order valence-electron chi connectivity index (χ4n) is 12.1. The summed E-state index contributed by atoms with van der Waals surface area (Å²) in [6.07, 6.45) is 25.0. The van der Waals surface area contributed by atoms with Gasteiger partial charge in [-0.05, 0) is 106 Å². The quantitative estimate of drug-likeness (QED) is 0.0370. The van der Waals surface area contributed by atoms with Crippen molar-refractivity contribution in [1.29, 1.82) is 0 Å². The SMILES string of the molecule is CCCCCCCCCCCCCOC(=O)CC(C(=O)OCCCCCCCCCCCCC)(C1CC(C)(C)NC(C)(C)C1)C(CC(=O)O)(C(=O)O)C1CC(C)(C)NC(C)(C)C1. The minimum absolute atomic E-state index is 0.0785. The highest BCUT2D eigenvalue weighted by Gasteiger charge is 2.72. The van der Waals surface area contributed by atoms with Crippen LogP contribution in [0.25, 0.3) is 0 Å². The van der Waals surface area contributed by atoms with E-state index in [1.165, 1.54) is 89.9 Å². The van der Waals surface area contributed by atoms with Crippen LogP contribution in [-0.4, -0.2) is 69.5 Å². The highest BCUT2D eigenvalue weighted by molar-refractivity contribution is 5.94. The first-order chi connectivity index (χ1) is 29.1. The number of carbonyl (C=O) groups is 4. The molecule has 0 saturated carbocycles. The molecule has 0 bridgehead atoms. The van der Waals surface area contributed by atoms with E-state index in [1.807, 2.05) is 55.4 Å². The van der Waals surface area contributed by atoms with Crippen molar-refractivity contribution >= 4 is 23.9 Å². The Morgan fingerprint density at radius 2 is 0.774 bits per heavy atom. The van der Waals surface area contributed by atoms with Gasteiger partial charge in [-0.15, -0.1) is 0 Å². The molecule has 2 fully saturated rings. The van der Waals surface area contributed by atoms with Crippen molar-refractivity contribution in [3.63, 3.8) is 0 Å². The van der Waals surface area contributed by atoms with Crippen LogP contribution in [-0.2, 0) is 28.7 Å². The van der Waals surface area contributed by atoms with E-state index < -0.39 is 81.5 Å². The van der Waals surface area contributed by atoms with Gasteiger partial charge in [0.25, 0.3) is 0 Å². The van der Waals surface area contributed by atoms with E-state index >= 15 is 4.79 Å². The number of carbonyl (C=O) groups excluding carboxylic acids is 2. The molecule has 0 radical (unpaired) electrons. The number of ether oxygens (including phenoxy) is 2. The van der Waals surface area contributed by atoms with E-state index in [-0.39, 0.29) is 13.2 Å². The summed E-state index contributed by atoms with van der Waals surface area (Å²) >= 11 is 0. The van der Waals surface area contributed by atoms with Gasteiger partial charge in [0.15, 0.2) is 0 Å². The Hall–Kier alpha value is -2.20. The molecule has 0 aliphatic carbocycles. The molecule has 2 aliphatic rings. The standard InChI is InChI=1S/C52H96N2O8/c1-11-13-15-17-19-21-23-25-27-29-31-33-61-44(57)40-52(42-37-49(7,8)54-50(9,10)38-42,46(60)62-34-32-30-28-26-24-22-20-18-16-14-12-2)51(45(58)59,39-43(55)56)41-35-47(3,4)53-48(5,6)36-41/h41-42,53-54H,11-40H2,1-10H3,(H,55,56)(H,58,59). The summed E-state index contributed by atoms with van der Waals surface area (Å²) in [4.78, 5) is 57.9. The molecule has 10 heteroatoms. The molecule has 0 aromatic heterocycles. The largest absolute Gasteiger partial charge is 0.481 e. The Kier molecular flexibility index (Phi) is 24.1. The molecular formula is C52H96N2O8. The van der Waals surface area contributed by atoms with Gasteiger partial charge in [-0.3, -0.25) is 19.2 Å². The van der Waals surface area contributed by atoms with Gasteiger partial charge in [-0.25, -0.2) is 0 Å². The molecule has 0 amide bonds. The Morgan fingerprint density at radius 3 is 1.10 bits per heavy atom. The number of hydrogen-bond acceptors (Lipinski definition) is 8. The molecule has 10 nitrogen and oxygen atoms in total. The Bertz CT molecular complexity index is 1310. The maximum Gasteiger partial charge on any atom is 0.314 e. The van der Waals surface area contributed by atoms with Crippen LogP contribution in [0.4, 0.5) is 0 Å². The van der Waals surface area contributed by atoms with E-state index in [1.54, 1.807) is 0 Å². The minimum Gasteiger partial charge on any atom is -0.481 e. The zero-order valence-corrected chi connectivity index (χ0v) is 41.7. The van der Waals surface area contributed by atoms with Gasteiger partial charge in [0.05, 0.1) is 36.9 Å². The van der Waals surface area contributed by atoms with E-state index in [4.69, 9.17) is 9.47 Å². The number of unbranched alkanes of at least 4 members (excludes halogenated alkanes) is 20. The van der Waals surface area contributed by atoms with Crippen LogP contribution >= 0.6 is 0 Å². The highest BCUT2D eigenvalue weighted by atomic mass is 16.5. The zero-order chi connectivity index (χ0) is 46.5. The highest BCUT2D eigenvalue weighted by Crippen LogP contribution is 2.63. The van der Waals surface area contributed by atoms with Crippen molar-refractivity contribution in [3.8, 4) is 0 Å². The third kappa shape index (κ3) is 18.4. The van der Waals surface area contributed by atoms with Crippen LogP contribution < -0.4 is 10.6 Å². The first-order valence-electron chi connectivity index (χ1n) is 25.5. The first kappa shape index (κ1) is 55.9. The number of rotatable bonds is 33. The molecule has 4 N–H and O–H groups in total. The summed E-state index contributed by atoms with van der Waals surface area (Å²) in [7, 11) is 0. The maximum atomic E-state index is 15.6.